The van der Waals surface area contributed by atoms with Crippen LogP contribution in [0.4, 0.5) is 24.5 Å². The Morgan fingerprint density at radius 2 is 1.86 bits per heavy atom. The minimum atomic E-state index is -2.89. The van der Waals surface area contributed by atoms with Crippen molar-refractivity contribution in [2.45, 2.75) is 31.8 Å². The topological polar surface area (TPSA) is 94.6 Å². The predicted octanol–water partition coefficient (Wildman–Crippen LogP) is 4.54. The Bertz CT molecular complexity index is 1400. The minimum Gasteiger partial charge on any atom is -0.361 e. The quantitative estimate of drug-likeness (QED) is 0.294. The second-order valence-electron chi connectivity index (χ2n) is 9.17. The van der Waals surface area contributed by atoms with Crippen molar-refractivity contribution in [3.05, 3.63) is 71.1 Å². The monoisotopic (exact) mass is 552 g/mol. The van der Waals surface area contributed by atoms with Gasteiger partial charge >= 0.3 is 0 Å². The average Bonchev–Trinajstić information content (AvgIpc) is 3.09. The number of pyridine rings is 1. The smallest absolute Gasteiger partial charge is 0.244 e. The molecule has 1 saturated heterocycles. The van der Waals surface area contributed by atoms with Crippen molar-refractivity contribution < 1.29 is 27.6 Å². The number of carbonyl (C=O) groups excluding carboxylic acids is 1. The lowest BCUT2D eigenvalue weighted by Gasteiger charge is -2.24. The van der Waals surface area contributed by atoms with Crippen LogP contribution in [0.25, 0.3) is 11.1 Å². The van der Waals surface area contributed by atoms with Gasteiger partial charge in [-0.2, -0.15) is 0 Å². The van der Waals surface area contributed by atoms with Gasteiger partial charge in [0.1, 0.15) is 18.4 Å². The molecule has 12 heteroatoms. The van der Waals surface area contributed by atoms with Crippen molar-refractivity contribution in [1.29, 1.82) is 0 Å². The summed E-state index contributed by atoms with van der Waals surface area (Å²) in [7, 11) is -2.89. The highest BCUT2D eigenvalue weighted by Gasteiger charge is 2.40. The zero-order valence-electron chi connectivity index (χ0n) is 20.2. The van der Waals surface area contributed by atoms with Gasteiger partial charge in [0.15, 0.2) is 18.0 Å². The van der Waals surface area contributed by atoms with E-state index >= 15 is 8.78 Å². The van der Waals surface area contributed by atoms with Crippen LogP contribution in [0.15, 0.2) is 48.7 Å². The van der Waals surface area contributed by atoms with E-state index in [0.29, 0.717) is 0 Å². The van der Waals surface area contributed by atoms with E-state index in [2.05, 4.69) is 15.6 Å². The summed E-state index contributed by atoms with van der Waals surface area (Å²) >= 11 is 5.73. The van der Waals surface area contributed by atoms with Crippen molar-refractivity contribution in [2.75, 3.05) is 23.5 Å². The number of halogens is 4. The van der Waals surface area contributed by atoms with Gasteiger partial charge in [-0.05, 0) is 63.1 Å². The van der Waals surface area contributed by atoms with Gasteiger partial charge in [-0.3, -0.25) is 15.1 Å². The molecule has 196 valence electrons. The molecule has 2 heterocycles. The van der Waals surface area contributed by atoms with Gasteiger partial charge in [0.05, 0.1) is 17.4 Å². The largest absolute Gasteiger partial charge is 0.361 e. The standard InChI is InChI=1S/C25H25ClF3N4O3P/c1-13-11-19(32-25(35)31-18-8-6-14(26)12-17(18)27)24(34)33(13)20-9-7-15(21(28)22(20)29)16-5-4-10-30-23(16)37(2,3)36/h4-10,12-13,19,25,31-32,35H,11H2,1-3H3/t13?,19-,25?/m1/s1. The lowest BCUT2D eigenvalue weighted by Crippen LogP contribution is -2.47. The second kappa shape index (κ2) is 10.5. The summed E-state index contributed by atoms with van der Waals surface area (Å²) in [6.45, 7) is 4.64. The zero-order valence-corrected chi connectivity index (χ0v) is 21.8. The fraction of sp³-hybridized carbons (Fsp3) is 0.280. The van der Waals surface area contributed by atoms with E-state index in [1.165, 1.54) is 55.9 Å². The van der Waals surface area contributed by atoms with Crippen LogP contribution < -0.4 is 21.0 Å². The normalized spacial score (nSPS) is 18.8. The molecule has 7 nitrogen and oxygen atoms in total. The third kappa shape index (κ3) is 5.52. The molecule has 0 spiro atoms. The lowest BCUT2D eigenvalue weighted by molar-refractivity contribution is -0.119. The molecule has 4 rings (SSSR count). The van der Waals surface area contributed by atoms with Crippen LogP contribution in [-0.2, 0) is 9.36 Å². The van der Waals surface area contributed by atoms with E-state index in [1.54, 1.807) is 6.92 Å². The van der Waals surface area contributed by atoms with Gasteiger partial charge in [0, 0.05) is 28.4 Å². The van der Waals surface area contributed by atoms with Gasteiger partial charge in [-0.25, -0.2) is 13.2 Å². The van der Waals surface area contributed by atoms with Crippen molar-refractivity contribution in [3.63, 3.8) is 0 Å². The van der Waals surface area contributed by atoms with E-state index in [9.17, 15) is 18.9 Å². The highest BCUT2D eigenvalue weighted by atomic mass is 35.5. The average molecular weight is 553 g/mol. The number of anilines is 2. The van der Waals surface area contributed by atoms with E-state index in [1.807, 2.05) is 0 Å². The van der Waals surface area contributed by atoms with E-state index in [-0.39, 0.29) is 39.4 Å². The maximum absolute atomic E-state index is 15.3. The Morgan fingerprint density at radius 3 is 2.54 bits per heavy atom. The van der Waals surface area contributed by atoms with Crippen LogP contribution in [0, 0.1) is 17.5 Å². The molecule has 0 radical (unpaired) electrons. The molecular weight excluding hydrogens is 528 g/mol. The zero-order chi connectivity index (χ0) is 27.1. The first-order chi connectivity index (χ1) is 17.4. The Hall–Kier alpha value is -2.91. The molecule has 37 heavy (non-hydrogen) atoms. The lowest BCUT2D eigenvalue weighted by atomic mass is 10.1. The summed E-state index contributed by atoms with van der Waals surface area (Å²) in [5.41, 5.74) is -0.0399. The Kier molecular flexibility index (Phi) is 7.67. The number of rotatable bonds is 7. The first-order valence-electron chi connectivity index (χ1n) is 11.4. The number of hydrogen-bond acceptors (Lipinski definition) is 6. The van der Waals surface area contributed by atoms with Gasteiger partial charge in [-0.15, -0.1) is 0 Å². The highest BCUT2D eigenvalue weighted by Crippen LogP contribution is 2.40. The van der Waals surface area contributed by atoms with Crippen LogP contribution in [0.1, 0.15) is 13.3 Å². The molecule has 0 bridgehead atoms. The van der Waals surface area contributed by atoms with Crippen LogP contribution in [-0.4, -0.2) is 47.8 Å². The summed E-state index contributed by atoms with van der Waals surface area (Å²) < 4.78 is 57.3. The molecule has 3 N–H and O–H groups in total. The van der Waals surface area contributed by atoms with Crippen LogP contribution in [0.5, 0.6) is 0 Å². The van der Waals surface area contributed by atoms with Crippen LogP contribution >= 0.6 is 18.7 Å². The molecule has 1 aliphatic rings. The van der Waals surface area contributed by atoms with Crippen molar-refractivity contribution >= 4 is 41.5 Å². The fourth-order valence-electron chi connectivity index (χ4n) is 4.38. The van der Waals surface area contributed by atoms with E-state index in [0.717, 1.165) is 11.0 Å². The van der Waals surface area contributed by atoms with Crippen molar-refractivity contribution in [3.8, 4) is 11.1 Å². The van der Waals surface area contributed by atoms with Crippen LogP contribution in [0.3, 0.4) is 0 Å². The van der Waals surface area contributed by atoms with E-state index in [4.69, 9.17) is 11.6 Å². The molecule has 1 aromatic heterocycles. The fourth-order valence-corrected chi connectivity index (χ4v) is 5.66. The van der Waals surface area contributed by atoms with Crippen molar-refractivity contribution in [1.82, 2.24) is 10.3 Å². The molecule has 1 amide bonds. The summed E-state index contributed by atoms with van der Waals surface area (Å²) in [5.74, 6) is -3.73. The molecule has 0 saturated carbocycles. The summed E-state index contributed by atoms with van der Waals surface area (Å²) in [4.78, 5) is 18.3. The number of aliphatic hydroxyl groups is 1. The summed E-state index contributed by atoms with van der Waals surface area (Å²) in [6, 6.07) is 8.00. The maximum Gasteiger partial charge on any atom is 0.244 e. The Morgan fingerprint density at radius 1 is 1.14 bits per heavy atom. The third-order valence-electron chi connectivity index (χ3n) is 6.04. The number of hydrogen-bond donors (Lipinski definition) is 3. The number of aliphatic hydroxyl groups excluding tert-OH is 1. The minimum absolute atomic E-state index is 0.0399. The number of amides is 1. The number of benzene rings is 2. The second-order valence-corrected chi connectivity index (χ2v) is 12.7. The molecule has 0 aliphatic carbocycles. The van der Waals surface area contributed by atoms with Gasteiger partial charge < -0.3 is 19.9 Å². The van der Waals surface area contributed by atoms with Crippen LogP contribution in [0.2, 0.25) is 5.02 Å². The SMILES string of the molecule is CC1C[C@@H](NC(O)Nc2ccc(Cl)cc2F)C(=O)N1c1ccc(-c2cccnc2P(C)(C)=O)c(F)c1F. The van der Waals surface area contributed by atoms with Gasteiger partial charge in [-0.1, -0.05) is 17.7 Å². The first-order valence-corrected chi connectivity index (χ1v) is 14.3. The predicted molar refractivity (Wildman–Crippen MR) is 138 cm³/mol. The van der Waals surface area contributed by atoms with Gasteiger partial charge in [0.2, 0.25) is 5.91 Å². The summed E-state index contributed by atoms with van der Waals surface area (Å²) in [5, 5.41) is 15.6. The maximum atomic E-state index is 15.3. The molecule has 3 aromatic rings. The number of aromatic nitrogens is 1. The molecule has 1 aliphatic heterocycles. The van der Waals surface area contributed by atoms with Crippen molar-refractivity contribution in [2.24, 2.45) is 0 Å². The molecule has 2 unspecified atom stereocenters. The molecule has 1 fully saturated rings. The van der Waals surface area contributed by atoms with Gasteiger partial charge in [0.25, 0.3) is 0 Å². The third-order valence-corrected chi connectivity index (χ3v) is 7.66. The summed E-state index contributed by atoms with van der Waals surface area (Å²) in [6.07, 6.45) is 0.0950. The molecule has 3 atom stereocenters. The van der Waals surface area contributed by atoms with E-state index < -0.39 is 48.9 Å². The number of nitrogens with one attached hydrogen (secondary N) is 2. The molecular formula is C25H25ClF3N4O3P. The molecule has 2 aromatic carbocycles. The number of carbonyl (C=O) groups is 1. The Balaban J connectivity index is 1.57. The highest BCUT2D eigenvalue weighted by molar-refractivity contribution is 7.70. The first kappa shape index (κ1) is 27.1. The number of nitrogens with zero attached hydrogens (tertiary/aromatic N) is 2. The Labute approximate surface area is 217 Å².